The van der Waals surface area contributed by atoms with E-state index in [0.29, 0.717) is 18.8 Å². The van der Waals surface area contributed by atoms with Gasteiger partial charge in [-0.15, -0.1) is 6.42 Å². The summed E-state index contributed by atoms with van der Waals surface area (Å²) >= 11 is 0. The van der Waals surface area contributed by atoms with Crippen LogP contribution in [0, 0.1) is 12.3 Å². The third-order valence-electron chi connectivity index (χ3n) is 4.25. The molecule has 3 rings (SSSR count). The Kier molecular flexibility index (Phi) is 6.26. The molecule has 0 spiro atoms. The van der Waals surface area contributed by atoms with E-state index in [1.807, 2.05) is 30.3 Å². The summed E-state index contributed by atoms with van der Waals surface area (Å²) in [5.74, 6) is 2.55. The molecule has 1 heterocycles. The molecule has 5 nitrogen and oxygen atoms in total. The monoisotopic (exact) mass is 349 g/mol. The maximum absolute atomic E-state index is 12.1. The average Bonchev–Trinajstić information content (AvgIpc) is 2.68. The molecule has 1 saturated heterocycles. The quantitative estimate of drug-likeness (QED) is 0.816. The van der Waals surface area contributed by atoms with E-state index < -0.39 is 0 Å². The Balaban J connectivity index is 1.45. The first-order chi connectivity index (χ1) is 12.7. The number of ether oxygens (including phenoxy) is 1. The summed E-state index contributed by atoms with van der Waals surface area (Å²) < 4.78 is 5.77. The van der Waals surface area contributed by atoms with Gasteiger partial charge in [-0.2, -0.15) is 0 Å². The first-order valence-corrected chi connectivity index (χ1v) is 8.72. The zero-order valence-electron chi connectivity index (χ0n) is 14.7. The molecule has 0 bridgehead atoms. The van der Waals surface area contributed by atoms with Crippen LogP contribution in [0.25, 0.3) is 0 Å². The number of nitrogens with zero attached hydrogens (tertiary/aromatic N) is 1. The molecule has 134 valence electrons. The van der Waals surface area contributed by atoms with Gasteiger partial charge in [-0.3, -0.25) is 4.90 Å². The molecule has 2 N–H and O–H groups in total. The summed E-state index contributed by atoms with van der Waals surface area (Å²) in [5.41, 5.74) is 2.69. The van der Waals surface area contributed by atoms with Gasteiger partial charge in [0.2, 0.25) is 0 Å². The van der Waals surface area contributed by atoms with E-state index in [-0.39, 0.29) is 12.1 Å². The van der Waals surface area contributed by atoms with Crippen molar-refractivity contribution in [3.8, 4) is 12.3 Å². The van der Waals surface area contributed by atoms with Gasteiger partial charge < -0.3 is 15.4 Å². The van der Waals surface area contributed by atoms with Crippen LogP contribution < -0.4 is 10.6 Å². The van der Waals surface area contributed by atoms with Crippen LogP contribution in [0.4, 0.5) is 10.5 Å². The van der Waals surface area contributed by atoms with Crippen LogP contribution in [-0.4, -0.2) is 43.3 Å². The molecule has 2 amide bonds. The van der Waals surface area contributed by atoms with Crippen LogP contribution in [0.15, 0.2) is 54.6 Å². The Hall–Kier alpha value is -2.81. The van der Waals surface area contributed by atoms with Gasteiger partial charge in [0.1, 0.15) is 0 Å². The number of nitrogens with one attached hydrogen (secondary N) is 2. The molecule has 0 radical (unpaired) electrons. The first kappa shape index (κ1) is 18.0. The number of carbonyl (C=O) groups is 1. The van der Waals surface area contributed by atoms with Gasteiger partial charge in [-0.25, -0.2) is 4.79 Å². The highest BCUT2D eigenvalue weighted by molar-refractivity contribution is 5.89. The minimum absolute atomic E-state index is 0.0183. The Morgan fingerprint density at radius 2 is 2.08 bits per heavy atom. The second-order valence-corrected chi connectivity index (χ2v) is 6.27. The van der Waals surface area contributed by atoms with Crippen molar-refractivity contribution in [2.24, 2.45) is 0 Å². The minimum Gasteiger partial charge on any atom is -0.374 e. The lowest BCUT2D eigenvalue weighted by Crippen LogP contribution is -2.47. The number of hydrogen-bond acceptors (Lipinski definition) is 3. The maximum Gasteiger partial charge on any atom is 0.319 e. The number of morpholine rings is 1. The van der Waals surface area contributed by atoms with E-state index in [1.54, 1.807) is 12.1 Å². The Morgan fingerprint density at radius 3 is 2.88 bits per heavy atom. The molecule has 5 heteroatoms. The van der Waals surface area contributed by atoms with Crippen molar-refractivity contribution in [1.29, 1.82) is 0 Å². The molecule has 2 aromatic carbocycles. The van der Waals surface area contributed by atoms with Crippen molar-refractivity contribution < 1.29 is 9.53 Å². The van der Waals surface area contributed by atoms with Crippen molar-refractivity contribution >= 4 is 11.7 Å². The van der Waals surface area contributed by atoms with Gasteiger partial charge in [-0.1, -0.05) is 42.3 Å². The smallest absolute Gasteiger partial charge is 0.319 e. The SMILES string of the molecule is C#Cc1cccc(NC(=O)NCC2CN(Cc3ccccc3)CCO2)c1. The number of carbonyl (C=O) groups excluding carboxylic acids is 1. The van der Waals surface area contributed by atoms with Crippen molar-refractivity contribution in [2.45, 2.75) is 12.6 Å². The van der Waals surface area contributed by atoms with E-state index >= 15 is 0 Å². The standard InChI is InChI=1S/C21H23N3O2/c1-2-17-9-6-10-19(13-17)23-21(25)22-14-20-16-24(11-12-26-20)15-18-7-4-3-5-8-18/h1,3-10,13,20H,11-12,14-16H2,(H2,22,23,25). The lowest BCUT2D eigenvalue weighted by atomic mass is 10.2. The fourth-order valence-corrected chi connectivity index (χ4v) is 2.96. The first-order valence-electron chi connectivity index (χ1n) is 8.72. The number of benzene rings is 2. The number of terminal acetylenes is 1. The Morgan fingerprint density at radius 1 is 1.23 bits per heavy atom. The van der Waals surface area contributed by atoms with E-state index in [0.717, 1.165) is 25.2 Å². The highest BCUT2D eigenvalue weighted by Crippen LogP contribution is 2.11. The van der Waals surface area contributed by atoms with Gasteiger partial charge in [0, 0.05) is 37.4 Å². The third-order valence-corrected chi connectivity index (χ3v) is 4.25. The minimum atomic E-state index is -0.261. The molecule has 0 aliphatic carbocycles. The number of rotatable bonds is 5. The topological polar surface area (TPSA) is 53.6 Å². The summed E-state index contributed by atoms with van der Waals surface area (Å²) in [6, 6.07) is 17.3. The zero-order valence-corrected chi connectivity index (χ0v) is 14.7. The maximum atomic E-state index is 12.1. The molecule has 1 aliphatic rings. The molecule has 26 heavy (non-hydrogen) atoms. The highest BCUT2D eigenvalue weighted by atomic mass is 16.5. The van der Waals surface area contributed by atoms with Crippen molar-refractivity contribution in [1.82, 2.24) is 10.2 Å². The van der Waals surface area contributed by atoms with Crippen LogP contribution in [0.3, 0.4) is 0 Å². The molecule has 1 aliphatic heterocycles. The third kappa shape index (κ3) is 5.35. The van der Waals surface area contributed by atoms with Crippen molar-refractivity contribution in [3.05, 3.63) is 65.7 Å². The summed E-state index contributed by atoms with van der Waals surface area (Å²) in [6.07, 6.45) is 5.36. The molecule has 0 saturated carbocycles. The lowest BCUT2D eigenvalue weighted by molar-refractivity contribution is -0.0285. The fourth-order valence-electron chi connectivity index (χ4n) is 2.96. The normalized spacial score (nSPS) is 17.3. The second-order valence-electron chi connectivity index (χ2n) is 6.27. The van der Waals surface area contributed by atoms with Crippen LogP contribution in [0.2, 0.25) is 0 Å². The van der Waals surface area contributed by atoms with E-state index in [4.69, 9.17) is 11.2 Å². The van der Waals surface area contributed by atoms with Crippen LogP contribution in [0.5, 0.6) is 0 Å². The predicted octanol–water partition coefficient (Wildman–Crippen LogP) is 2.69. The summed E-state index contributed by atoms with van der Waals surface area (Å²) in [7, 11) is 0. The number of anilines is 1. The Labute approximate surface area is 154 Å². The summed E-state index contributed by atoms with van der Waals surface area (Å²) in [5, 5.41) is 5.66. The van der Waals surface area contributed by atoms with Gasteiger partial charge in [0.15, 0.2) is 0 Å². The van der Waals surface area contributed by atoms with Gasteiger partial charge >= 0.3 is 6.03 Å². The molecule has 1 fully saturated rings. The summed E-state index contributed by atoms with van der Waals surface area (Å²) in [4.78, 5) is 14.4. The molecule has 0 aromatic heterocycles. The van der Waals surface area contributed by atoms with E-state index in [2.05, 4.69) is 33.6 Å². The number of amides is 2. The summed E-state index contributed by atoms with van der Waals surface area (Å²) in [6.45, 7) is 3.72. The molecule has 1 unspecified atom stereocenters. The van der Waals surface area contributed by atoms with Crippen LogP contribution >= 0.6 is 0 Å². The highest BCUT2D eigenvalue weighted by Gasteiger charge is 2.21. The molecular weight excluding hydrogens is 326 g/mol. The van der Waals surface area contributed by atoms with Crippen LogP contribution in [-0.2, 0) is 11.3 Å². The second kappa shape index (κ2) is 9.04. The number of urea groups is 1. The molecular formula is C21H23N3O2. The molecule has 2 aromatic rings. The van der Waals surface area contributed by atoms with Crippen molar-refractivity contribution in [3.63, 3.8) is 0 Å². The fraction of sp³-hybridized carbons (Fsp3) is 0.286. The van der Waals surface area contributed by atoms with Crippen LogP contribution in [0.1, 0.15) is 11.1 Å². The zero-order chi connectivity index (χ0) is 18.2. The van der Waals surface area contributed by atoms with Gasteiger partial charge in [0.05, 0.1) is 12.7 Å². The van der Waals surface area contributed by atoms with E-state index in [9.17, 15) is 4.79 Å². The predicted molar refractivity (Wildman–Crippen MR) is 103 cm³/mol. The van der Waals surface area contributed by atoms with Crippen molar-refractivity contribution in [2.75, 3.05) is 31.6 Å². The molecule has 1 atom stereocenters. The van der Waals surface area contributed by atoms with E-state index in [1.165, 1.54) is 5.56 Å². The lowest BCUT2D eigenvalue weighted by Gasteiger charge is -2.33. The average molecular weight is 349 g/mol. The largest absolute Gasteiger partial charge is 0.374 e. The number of hydrogen-bond donors (Lipinski definition) is 2. The Bertz CT molecular complexity index is 770. The van der Waals surface area contributed by atoms with Gasteiger partial charge in [0.25, 0.3) is 0 Å². The van der Waals surface area contributed by atoms with Gasteiger partial charge in [-0.05, 0) is 23.8 Å².